The maximum Gasteiger partial charge on any atom is 0.159 e. The summed E-state index contributed by atoms with van der Waals surface area (Å²) in [7, 11) is 0. The van der Waals surface area contributed by atoms with Crippen molar-refractivity contribution in [2.45, 2.75) is 0 Å². The quantitative estimate of drug-likeness (QED) is 0.217. The molecule has 2 heteroatoms. The molecule has 1 heterocycles. The van der Waals surface area contributed by atoms with E-state index in [1.807, 2.05) is 0 Å². The van der Waals surface area contributed by atoms with E-state index in [9.17, 15) is 0 Å². The number of furan rings is 1. The van der Waals surface area contributed by atoms with Gasteiger partial charge in [-0.2, -0.15) is 0 Å². The predicted molar refractivity (Wildman–Crippen MR) is 177 cm³/mol. The zero-order valence-corrected chi connectivity index (χ0v) is 22.9. The first-order valence-electron chi connectivity index (χ1n) is 14.3. The van der Waals surface area contributed by atoms with Gasteiger partial charge in [0.2, 0.25) is 0 Å². The van der Waals surface area contributed by atoms with Crippen molar-refractivity contribution in [3.05, 3.63) is 164 Å². The molecule has 7 aromatic carbocycles. The third-order valence-corrected chi connectivity index (χ3v) is 8.06. The normalized spacial score (nSPS) is 11.3. The molecule has 0 fully saturated rings. The van der Waals surface area contributed by atoms with Crippen LogP contribution in [0.1, 0.15) is 0 Å². The average molecular weight is 538 g/mol. The molecule has 198 valence electrons. The molecule has 0 atom stereocenters. The van der Waals surface area contributed by atoms with E-state index in [1.54, 1.807) is 0 Å². The number of para-hydroxylation sites is 2. The Morgan fingerprint density at radius 3 is 1.60 bits per heavy atom. The van der Waals surface area contributed by atoms with E-state index in [0.717, 1.165) is 44.4 Å². The van der Waals surface area contributed by atoms with Crippen LogP contribution in [0.5, 0.6) is 0 Å². The molecular formula is C40H27NO. The van der Waals surface area contributed by atoms with Crippen LogP contribution in [-0.4, -0.2) is 0 Å². The Bertz CT molecular complexity index is 2160. The van der Waals surface area contributed by atoms with Crippen molar-refractivity contribution in [3.63, 3.8) is 0 Å². The van der Waals surface area contributed by atoms with Gasteiger partial charge >= 0.3 is 0 Å². The van der Waals surface area contributed by atoms with Crippen molar-refractivity contribution in [1.29, 1.82) is 0 Å². The molecule has 0 aliphatic heterocycles. The zero-order chi connectivity index (χ0) is 27.9. The molecule has 0 saturated carbocycles. The molecule has 0 N–H and O–H groups in total. The number of hydrogen-bond acceptors (Lipinski definition) is 2. The van der Waals surface area contributed by atoms with Gasteiger partial charge < -0.3 is 9.32 Å². The third kappa shape index (κ3) is 4.05. The topological polar surface area (TPSA) is 16.4 Å². The van der Waals surface area contributed by atoms with Crippen molar-refractivity contribution < 1.29 is 4.42 Å². The summed E-state index contributed by atoms with van der Waals surface area (Å²) in [6.45, 7) is 0. The SMILES string of the molecule is c1ccc(-c2ccc(N(c3ccccc3)c3cccc4c3oc3c5ccccc5c(-c5ccccc5)cc43)cc2)cc1. The van der Waals surface area contributed by atoms with Gasteiger partial charge in [-0.15, -0.1) is 0 Å². The maximum atomic E-state index is 6.86. The number of benzene rings is 7. The van der Waals surface area contributed by atoms with Crippen molar-refractivity contribution in [1.82, 2.24) is 0 Å². The molecule has 8 aromatic rings. The first kappa shape index (κ1) is 24.2. The number of fused-ring (bicyclic) bond motifs is 5. The molecule has 0 radical (unpaired) electrons. The summed E-state index contributed by atoms with van der Waals surface area (Å²) in [6.07, 6.45) is 0. The number of anilines is 3. The zero-order valence-electron chi connectivity index (χ0n) is 22.9. The summed E-state index contributed by atoms with van der Waals surface area (Å²) < 4.78 is 6.86. The minimum absolute atomic E-state index is 0.874. The van der Waals surface area contributed by atoms with Gasteiger partial charge in [-0.3, -0.25) is 0 Å². The highest BCUT2D eigenvalue weighted by atomic mass is 16.3. The molecule has 42 heavy (non-hydrogen) atoms. The largest absolute Gasteiger partial charge is 0.453 e. The number of rotatable bonds is 5. The highest BCUT2D eigenvalue weighted by molar-refractivity contribution is 6.20. The van der Waals surface area contributed by atoms with Gasteiger partial charge in [0.15, 0.2) is 5.58 Å². The standard InChI is InChI=1S/C40H27NO/c1-4-13-28(14-5-1)29-23-25-32(26-24-29)41(31-17-8-3-9-18-31)38-22-12-21-35-37-27-36(30-15-6-2-7-16-30)33-19-10-11-20-34(33)39(37)42-40(35)38/h1-27H. The summed E-state index contributed by atoms with van der Waals surface area (Å²) in [5.41, 5.74) is 9.75. The van der Waals surface area contributed by atoms with E-state index in [-0.39, 0.29) is 0 Å². The second kappa shape index (κ2) is 10.1. The maximum absolute atomic E-state index is 6.86. The van der Waals surface area contributed by atoms with Gasteiger partial charge in [-0.25, -0.2) is 0 Å². The van der Waals surface area contributed by atoms with Crippen molar-refractivity contribution >= 4 is 49.8 Å². The molecule has 2 nitrogen and oxygen atoms in total. The van der Waals surface area contributed by atoms with Crippen LogP contribution in [0.4, 0.5) is 17.1 Å². The molecule has 0 amide bonds. The molecule has 0 saturated heterocycles. The van der Waals surface area contributed by atoms with Crippen LogP contribution in [0.25, 0.3) is 55.0 Å². The van der Waals surface area contributed by atoms with E-state index in [2.05, 4.69) is 169 Å². The lowest BCUT2D eigenvalue weighted by atomic mass is 9.95. The second-order valence-electron chi connectivity index (χ2n) is 10.6. The lowest BCUT2D eigenvalue weighted by Crippen LogP contribution is -2.10. The molecular weight excluding hydrogens is 510 g/mol. The molecule has 1 aromatic heterocycles. The molecule has 0 spiro atoms. The Hall–Kier alpha value is -5.60. The first-order valence-corrected chi connectivity index (χ1v) is 14.3. The Kier molecular flexibility index (Phi) is 5.82. The van der Waals surface area contributed by atoms with Crippen LogP contribution in [0.3, 0.4) is 0 Å². The molecule has 0 aliphatic rings. The molecule has 0 unspecified atom stereocenters. The highest BCUT2D eigenvalue weighted by Crippen LogP contribution is 2.45. The number of hydrogen-bond donors (Lipinski definition) is 0. The van der Waals surface area contributed by atoms with Crippen molar-refractivity contribution in [2.75, 3.05) is 4.90 Å². The lowest BCUT2D eigenvalue weighted by molar-refractivity contribution is 0.673. The third-order valence-electron chi connectivity index (χ3n) is 8.06. The van der Waals surface area contributed by atoms with Gasteiger partial charge in [0.1, 0.15) is 5.58 Å². The molecule has 8 rings (SSSR count). The van der Waals surface area contributed by atoms with Crippen LogP contribution in [0, 0.1) is 0 Å². The molecule has 0 bridgehead atoms. The van der Waals surface area contributed by atoms with Gasteiger partial charge in [0.25, 0.3) is 0 Å². The first-order chi connectivity index (χ1) is 20.8. The van der Waals surface area contributed by atoms with Crippen LogP contribution < -0.4 is 4.90 Å². The minimum Gasteiger partial charge on any atom is -0.453 e. The van der Waals surface area contributed by atoms with Gasteiger partial charge in [-0.1, -0.05) is 127 Å². The highest BCUT2D eigenvalue weighted by Gasteiger charge is 2.21. The summed E-state index contributed by atoms with van der Waals surface area (Å²) >= 11 is 0. The van der Waals surface area contributed by atoms with Gasteiger partial charge in [0, 0.05) is 27.5 Å². The summed E-state index contributed by atoms with van der Waals surface area (Å²) in [5, 5.41) is 4.53. The van der Waals surface area contributed by atoms with E-state index < -0.39 is 0 Å². The predicted octanol–water partition coefficient (Wildman–Crippen LogP) is 11.5. The van der Waals surface area contributed by atoms with Crippen molar-refractivity contribution in [2.24, 2.45) is 0 Å². The van der Waals surface area contributed by atoms with Gasteiger partial charge in [0.05, 0.1) is 5.69 Å². The molecule has 0 aliphatic carbocycles. The average Bonchev–Trinajstić information content (AvgIpc) is 3.46. The Morgan fingerprint density at radius 2 is 0.881 bits per heavy atom. The second-order valence-corrected chi connectivity index (χ2v) is 10.6. The fourth-order valence-electron chi connectivity index (χ4n) is 6.08. The summed E-state index contributed by atoms with van der Waals surface area (Å²) in [5.74, 6) is 0. The smallest absolute Gasteiger partial charge is 0.159 e. The fraction of sp³-hybridized carbons (Fsp3) is 0. The van der Waals surface area contributed by atoms with Crippen molar-refractivity contribution in [3.8, 4) is 22.3 Å². The summed E-state index contributed by atoms with van der Waals surface area (Å²) in [6, 6.07) is 57.7. The van der Waals surface area contributed by atoms with Crippen LogP contribution >= 0.6 is 0 Å². The Labute approximate surface area is 244 Å². The Morgan fingerprint density at radius 1 is 0.357 bits per heavy atom. The van der Waals surface area contributed by atoms with E-state index in [4.69, 9.17) is 4.42 Å². The van der Waals surface area contributed by atoms with Crippen LogP contribution in [-0.2, 0) is 0 Å². The van der Waals surface area contributed by atoms with E-state index in [1.165, 1.54) is 27.6 Å². The summed E-state index contributed by atoms with van der Waals surface area (Å²) in [4.78, 5) is 2.29. The minimum atomic E-state index is 0.874. The Balaban J connectivity index is 1.36. The van der Waals surface area contributed by atoms with Gasteiger partial charge in [-0.05, 0) is 64.0 Å². The van der Waals surface area contributed by atoms with E-state index >= 15 is 0 Å². The van der Waals surface area contributed by atoms with Crippen LogP contribution in [0.2, 0.25) is 0 Å². The van der Waals surface area contributed by atoms with Crippen LogP contribution in [0.15, 0.2) is 168 Å². The lowest BCUT2D eigenvalue weighted by Gasteiger charge is -2.25. The fourth-order valence-corrected chi connectivity index (χ4v) is 6.08. The monoisotopic (exact) mass is 537 g/mol. The van der Waals surface area contributed by atoms with E-state index in [0.29, 0.717) is 0 Å². The number of nitrogens with zero attached hydrogens (tertiary/aromatic N) is 1.